The van der Waals surface area contributed by atoms with Crippen molar-refractivity contribution in [2.45, 2.75) is 8.65 Å². The molecular weight excluding hydrogens is 536 g/mol. The fourth-order valence-corrected chi connectivity index (χ4v) is 7.84. The smallest absolute Gasteiger partial charge is 0.270 e. The standard InChI is InChI=1S/C25H16Br2N2O3/c26-24-15-10-4-5-11-16(15)25(27,18-13-7-6-12-17(18)24)20-19(24)22(31)29(23(20)32)28-21(30)14-8-2-1-3-9-14/h1-13,19-20H,(H,28,30). The van der Waals surface area contributed by atoms with Crippen LogP contribution in [0.2, 0.25) is 0 Å². The molecule has 1 saturated heterocycles. The van der Waals surface area contributed by atoms with Crippen LogP contribution >= 0.6 is 31.9 Å². The summed E-state index contributed by atoms with van der Waals surface area (Å²) in [6.07, 6.45) is 0. The maximum absolute atomic E-state index is 13.7. The number of hydrazine groups is 1. The van der Waals surface area contributed by atoms with Crippen LogP contribution in [0, 0.1) is 11.8 Å². The molecule has 3 aromatic carbocycles. The van der Waals surface area contributed by atoms with E-state index < -0.39 is 38.2 Å². The van der Waals surface area contributed by atoms with Crippen molar-refractivity contribution < 1.29 is 14.4 Å². The van der Waals surface area contributed by atoms with Crippen molar-refractivity contribution in [1.82, 2.24) is 10.4 Å². The lowest BCUT2D eigenvalue weighted by Gasteiger charge is -2.55. The molecule has 5 nitrogen and oxygen atoms in total. The van der Waals surface area contributed by atoms with Crippen molar-refractivity contribution in [2.24, 2.45) is 11.8 Å². The summed E-state index contributed by atoms with van der Waals surface area (Å²) >= 11 is 7.87. The molecule has 2 bridgehead atoms. The molecule has 0 radical (unpaired) electrons. The van der Waals surface area contributed by atoms with Gasteiger partial charge < -0.3 is 0 Å². The molecule has 32 heavy (non-hydrogen) atoms. The molecule has 1 fully saturated rings. The van der Waals surface area contributed by atoms with Gasteiger partial charge in [0.2, 0.25) is 0 Å². The molecule has 0 aromatic heterocycles. The lowest BCUT2D eigenvalue weighted by Crippen LogP contribution is -2.56. The number of alkyl halides is 2. The van der Waals surface area contributed by atoms with Gasteiger partial charge in [0, 0.05) is 5.56 Å². The van der Waals surface area contributed by atoms with E-state index in [-0.39, 0.29) is 0 Å². The van der Waals surface area contributed by atoms with Gasteiger partial charge in [-0.2, -0.15) is 5.01 Å². The number of carbonyl (C=O) groups excluding carboxylic acids is 3. The normalized spacial score (nSPS) is 29.4. The van der Waals surface area contributed by atoms with Crippen LogP contribution in [0.15, 0.2) is 78.9 Å². The molecule has 7 heteroatoms. The zero-order valence-corrected chi connectivity index (χ0v) is 19.8. The molecule has 4 aliphatic rings. The van der Waals surface area contributed by atoms with Gasteiger partial charge in [-0.1, -0.05) is 98.6 Å². The van der Waals surface area contributed by atoms with E-state index in [2.05, 4.69) is 37.3 Å². The van der Waals surface area contributed by atoms with Crippen LogP contribution in [0.5, 0.6) is 0 Å². The summed E-state index contributed by atoms with van der Waals surface area (Å²) in [5.74, 6) is -2.77. The Hall–Kier alpha value is -2.77. The highest BCUT2D eigenvalue weighted by atomic mass is 79.9. The van der Waals surface area contributed by atoms with Gasteiger partial charge in [0.25, 0.3) is 17.7 Å². The number of imide groups is 1. The van der Waals surface area contributed by atoms with Crippen LogP contribution in [0.3, 0.4) is 0 Å². The molecule has 7 rings (SSSR count). The van der Waals surface area contributed by atoms with Crippen molar-refractivity contribution in [1.29, 1.82) is 0 Å². The maximum atomic E-state index is 13.7. The molecule has 2 unspecified atom stereocenters. The fraction of sp³-hybridized carbons (Fsp3) is 0.160. The third-order valence-electron chi connectivity index (χ3n) is 6.83. The third kappa shape index (κ3) is 2.25. The van der Waals surface area contributed by atoms with Gasteiger partial charge in [0.1, 0.15) is 0 Å². The van der Waals surface area contributed by atoms with Gasteiger partial charge in [-0.25, -0.2) is 0 Å². The number of rotatable bonds is 2. The maximum Gasteiger partial charge on any atom is 0.270 e. The van der Waals surface area contributed by atoms with E-state index in [1.54, 1.807) is 30.3 Å². The van der Waals surface area contributed by atoms with Crippen molar-refractivity contribution in [2.75, 3.05) is 0 Å². The van der Waals surface area contributed by atoms with Crippen LogP contribution in [-0.2, 0) is 18.2 Å². The average molecular weight is 552 g/mol. The highest BCUT2D eigenvalue weighted by Crippen LogP contribution is 2.70. The Morgan fingerprint density at radius 2 is 1.06 bits per heavy atom. The number of nitrogens with zero attached hydrogens (tertiary/aromatic N) is 1. The number of benzene rings is 3. The number of carbonyl (C=O) groups is 3. The van der Waals surface area contributed by atoms with Crippen molar-refractivity contribution in [3.05, 3.63) is 107 Å². The van der Waals surface area contributed by atoms with Gasteiger partial charge in [0.05, 0.1) is 20.5 Å². The first-order valence-corrected chi connectivity index (χ1v) is 11.8. The molecule has 1 aliphatic heterocycles. The molecule has 158 valence electrons. The molecule has 3 aliphatic carbocycles. The Kier molecular flexibility index (Phi) is 4.11. The van der Waals surface area contributed by atoms with Crippen molar-refractivity contribution in [3.63, 3.8) is 0 Å². The second kappa shape index (κ2) is 6.62. The van der Waals surface area contributed by atoms with Crippen LogP contribution in [0.1, 0.15) is 32.6 Å². The summed E-state index contributed by atoms with van der Waals surface area (Å²) in [7, 11) is 0. The fourth-order valence-electron chi connectivity index (χ4n) is 5.53. The predicted octanol–water partition coefficient (Wildman–Crippen LogP) is 4.24. The minimum atomic E-state index is -0.876. The van der Waals surface area contributed by atoms with Gasteiger partial charge in [-0.3, -0.25) is 19.8 Å². The Morgan fingerprint density at radius 1 is 0.688 bits per heavy atom. The van der Waals surface area contributed by atoms with E-state index in [1.165, 1.54) is 0 Å². The van der Waals surface area contributed by atoms with Gasteiger partial charge in [-0.15, -0.1) is 0 Å². The van der Waals surface area contributed by atoms with Crippen LogP contribution in [0.25, 0.3) is 0 Å². The zero-order valence-electron chi connectivity index (χ0n) is 16.6. The second-order valence-electron chi connectivity index (χ2n) is 8.29. The van der Waals surface area contributed by atoms with E-state index in [9.17, 15) is 14.4 Å². The first-order valence-electron chi connectivity index (χ1n) is 10.2. The Labute approximate surface area is 201 Å². The molecular formula is C25H16Br2N2O3. The number of hydrogen-bond donors (Lipinski definition) is 1. The van der Waals surface area contributed by atoms with Crippen molar-refractivity contribution in [3.8, 4) is 0 Å². The highest BCUT2D eigenvalue weighted by molar-refractivity contribution is 9.10. The summed E-state index contributed by atoms with van der Waals surface area (Å²) in [6, 6.07) is 24.3. The number of amides is 3. The van der Waals surface area contributed by atoms with Crippen LogP contribution in [0.4, 0.5) is 0 Å². The molecule has 1 N–H and O–H groups in total. The summed E-state index contributed by atoms with van der Waals surface area (Å²) < 4.78 is -1.75. The summed E-state index contributed by atoms with van der Waals surface area (Å²) in [6.45, 7) is 0. The molecule has 2 atom stereocenters. The average Bonchev–Trinajstić information content (AvgIpc) is 3.09. The minimum absolute atomic E-state index is 0.375. The van der Waals surface area contributed by atoms with Crippen molar-refractivity contribution >= 4 is 49.6 Å². The Morgan fingerprint density at radius 3 is 1.47 bits per heavy atom. The molecule has 0 spiro atoms. The van der Waals surface area contributed by atoms with E-state index in [0.717, 1.165) is 27.3 Å². The molecule has 3 amide bonds. The van der Waals surface area contributed by atoms with E-state index >= 15 is 0 Å². The first kappa shape index (κ1) is 19.9. The number of hydrogen-bond acceptors (Lipinski definition) is 3. The van der Waals surface area contributed by atoms with E-state index in [0.29, 0.717) is 5.56 Å². The number of nitrogens with one attached hydrogen (secondary N) is 1. The largest absolute Gasteiger partial charge is 0.272 e. The Bertz CT molecular complexity index is 1200. The second-order valence-corrected chi connectivity index (χ2v) is 10.8. The summed E-state index contributed by atoms with van der Waals surface area (Å²) in [4.78, 5) is 40.2. The molecule has 3 aromatic rings. The van der Waals surface area contributed by atoms with Crippen LogP contribution < -0.4 is 5.43 Å². The topological polar surface area (TPSA) is 66.5 Å². The SMILES string of the molecule is O=C(NN1C(=O)C2C(C1=O)C1(Br)c3ccccc3C2(Br)c2ccccc21)c1ccccc1. The van der Waals surface area contributed by atoms with Gasteiger partial charge in [-0.05, 0) is 34.4 Å². The third-order valence-corrected chi connectivity index (χ3v) is 9.53. The van der Waals surface area contributed by atoms with E-state index in [4.69, 9.17) is 0 Å². The summed E-state index contributed by atoms with van der Waals surface area (Å²) in [5, 5.41) is 0.911. The van der Waals surface area contributed by atoms with Gasteiger partial charge >= 0.3 is 0 Å². The quantitative estimate of drug-likeness (QED) is 0.383. The summed E-state index contributed by atoms with van der Waals surface area (Å²) in [5.41, 5.74) is 6.75. The lowest BCUT2D eigenvalue weighted by atomic mass is 9.54. The minimum Gasteiger partial charge on any atom is -0.272 e. The zero-order chi connectivity index (χ0) is 22.3. The van der Waals surface area contributed by atoms with E-state index in [1.807, 2.05) is 48.5 Å². The first-order chi connectivity index (χ1) is 15.4. The number of halogens is 2. The Balaban J connectivity index is 1.52. The lowest BCUT2D eigenvalue weighted by molar-refractivity contribution is -0.142. The molecule has 0 saturated carbocycles. The van der Waals surface area contributed by atoms with Crippen LogP contribution in [-0.4, -0.2) is 22.7 Å². The monoisotopic (exact) mass is 550 g/mol. The molecule has 1 heterocycles. The predicted molar refractivity (Wildman–Crippen MR) is 125 cm³/mol. The van der Waals surface area contributed by atoms with Gasteiger partial charge in [0.15, 0.2) is 0 Å². The highest BCUT2D eigenvalue weighted by Gasteiger charge is 2.72.